The lowest BCUT2D eigenvalue weighted by Crippen LogP contribution is -2.41. The topological polar surface area (TPSA) is 78.5 Å². The summed E-state index contributed by atoms with van der Waals surface area (Å²) in [5.41, 5.74) is 4.85. The minimum absolute atomic E-state index is 0.154. The van der Waals surface area contributed by atoms with E-state index in [1.807, 2.05) is 6.92 Å². The summed E-state index contributed by atoms with van der Waals surface area (Å²) >= 11 is 0. The Kier molecular flexibility index (Phi) is 3.72. The Balaban J connectivity index is 3.07. The normalized spacial score (nSPS) is 12.0. The van der Waals surface area contributed by atoms with E-state index in [-0.39, 0.29) is 6.42 Å². The van der Waals surface area contributed by atoms with Crippen LogP contribution in [0.25, 0.3) is 0 Å². The van der Waals surface area contributed by atoms with Crippen LogP contribution in [0.5, 0.6) is 0 Å². The lowest BCUT2D eigenvalue weighted by atomic mass is 10.3. The lowest BCUT2D eigenvalue weighted by Gasteiger charge is -2.14. The standard InChI is InChI=1S/C5H14N2O2/c1-2-7-4-3-5(6,8)9/h7-9H,2-4,6H2,1H3. The van der Waals surface area contributed by atoms with Crippen LogP contribution in [0.1, 0.15) is 13.3 Å². The van der Waals surface area contributed by atoms with Gasteiger partial charge in [0.25, 0.3) is 0 Å². The van der Waals surface area contributed by atoms with Crippen LogP contribution in [0.4, 0.5) is 0 Å². The molecular formula is C5H14N2O2. The maximum absolute atomic E-state index is 8.54. The van der Waals surface area contributed by atoms with Gasteiger partial charge < -0.3 is 15.5 Å². The van der Waals surface area contributed by atoms with Gasteiger partial charge in [-0.3, -0.25) is 5.73 Å². The van der Waals surface area contributed by atoms with Crippen LogP contribution >= 0.6 is 0 Å². The average molecular weight is 134 g/mol. The predicted molar refractivity (Wildman–Crippen MR) is 34.5 cm³/mol. The largest absolute Gasteiger partial charge is 0.354 e. The SMILES string of the molecule is CCNCCC(N)(O)O. The minimum Gasteiger partial charge on any atom is -0.354 e. The first-order chi connectivity index (χ1) is 4.06. The van der Waals surface area contributed by atoms with E-state index in [9.17, 15) is 0 Å². The molecule has 5 N–H and O–H groups in total. The van der Waals surface area contributed by atoms with Crippen molar-refractivity contribution >= 4 is 0 Å². The third-order valence-electron chi connectivity index (χ3n) is 0.920. The van der Waals surface area contributed by atoms with Gasteiger partial charge in [-0.15, -0.1) is 0 Å². The maximum Gasteiger partial charge on any atom is 0.220 e. The second-order valence-corrected chi connectivity index (χ2v) is 1.98. The molecule has 4 heteroatoms. The summed E-state index contributed by atoms with van der Waals surface area (Å²) in [6.45, 7) is 3.28. The first kappa shape index (κ1) is 8.84. The lowest BCUT2D eigenvalue weighted by molar-refractivity contribution is -0.158. The Bertz CT molecular complexity index is 69.8. The van der Waals surface area contributed by atoms with E-state index in [2.05, 4.69) is 5.32 Å². The summed E-state index contributed by atoms with van der Waals surface area (Å²) in [6.07, 6.45) is 0.154. The number of aliphatic hydroxyl groups is 2. The van der Waals surface area contributed by atoms with Gasteiger partial charge in [0.2, 0.25) is 5.91 Å². The quantitative estimate of drug-likeness (QED) is 0.281. The van der Waals surface area contributed by atoms with Gasteiger partial charge in [0.1, 0.15) is 0 Å². The van der Waals surface area contributed by atoms with Gasteiger partial charge in [-0.2, -0.15) is 0 Å². The number of nitrogens with two attached hydrogens (primary N) is 1. The Morgan fingerprint density at radius 1 is 1.56 bits per heavy atom. The molecule has 0 radical (unpaired) electrons. The van der Waals surface area contributed by atoms with E-state index in [1.165, 1.54) is 0 Å². The third-order valence-corrected chi connectivity index (χ3v) is 0.920. The van der Waals surface area contributed by atoms with Gasteiger partial charge in [0.15, 0.2) is 0 Å². The molecule has 0 aliphatic rings. The summed E-state index contributed by atoms with van der Waals surface area (Å²) < 4.78 is 0. The molecular weight excluding hydrogens is 120 g/mol. The summed E-state index contributed by atoms with van der Waals surface area (Å²) in [6, 6.07) is 0. The molecule has 0 aromatic heterocycles. The highest BCUT2D eigenvalue weighted by Crippen LogP contribution is 1.92. The van der Waals surface area contributed by atoms with Gasteiger partial charge in [-0.1, -0.05) is 6.92 Å². The molecule has 9 heavy (non-hydrogen) atoms. The molecule has 0 atom stereocenters. The fourth-order valence-electron chi connectivity index (χ4n) is 0.449. The summed E-state index contributed by atoms with van der Waals surface area (Å²) in [4.78, 5) is 0. The Morgan fingerprint density at radius 2 is 2.11 bits per heavy atom. The Labute approximate surface area is 54.7 Å². The minimum atomic E-state index is -2.01. The first-order valence-corrected chi connectivity index (χ1v) is 3.00. The summed E-state index contributed by atoms with van der Waals surface area (Å²) in [5, 5.41) is 20.0. The molecule has 0 saturated carbocycles. The summed E-state index contributed by atoms with van der Waals surface area (Å²) in [7, 11) is 0. The zero-order chi connectivity index (χ0) is 7.33. The van der Waals surface area contributed by atoms with Gasteiger partial charge in [0.05, 0.1) is 0 Å². The van der Waals surface area contributed by atoms with Gasteiger partial charge in [0, 0.05) is 13.0 Å². The van der Waals surface area contributed by atoms with Crippen LogP contribution in [0.15, 0.2) is 0 Å². The second-order valence-electron chi connectivity index (χ2n) is 1.98. The molecule has 56 valence electrons. The van der Waals surface area contributed by atoms with Crippen molar-refractivity contribution in [2.75, 3.05) is 13.1 Å². The van der Waals surface area contributed by atoms with Crippen molar-refractivity contribution in [3.8, 4) is 0 Å². The molecule has 4 nitrogen and oxygen atoms in total. The maximum atomic E-state index is 8.54. The Morgan fingerprint density at radius 3 is 2.44 bits per heavy atom. The highest BCUT2D eigenvalue weighted by Gasteiger charge is 2.13. The molecule has 0 aromatic carbocycles. The smallest absolute Gasteiger partial charge is 0.220 e. The van der Waals surface area contributed by atoms with Gasteiger partial charge >= 0.3 is 0 Å². The van der Waals surface area contributed by atoms with Crippen molar-refractivity contribution in [2.45, 2.75) is 19.3 Å². The van der Waals surface area contributed by atoms with E-state index in [0.717, 1.165) is 6.54 Å². The monoisotopic (exact) mass is 134 g/mol. The highest BCUT2D eigenvalue weighted by atomic mass is 16.5. The highest BCUT2D eigenvalue weighted by molar-refractivity contribution is 4.55. The molecule has 0 aliphatic carbocycles. The molecule has 0 spiro atoms. The predicted octanol–water partition coefficient (Wildman–Crippen LogP) is -1.42. The zero-order valence-electron chi connectivity index (χ0n) is 5.59. The average Bonchev–Trinajstić information content (AvgIpc) is 1.63. The van der Waals surface area contributed by atoms with Crippen LogP contribution < -0.4 is 11.1 Å². The fourth-order valence-corrected chi connectivity index (χ4v) is 0.449. The third kappa shape index (κ3) is 7.84. The fraction of sp³-hybridized carbons (Fsp3) is 1.00. The summed E-state index contributed by atoms with van der Waals surface area (Å²) in [5.74, 6) is -2.01. The molecule has 0 fully saturated rings. The number of rotatable bonds is 4. The van der Waals surface area contributed by atoms with E-state index >= 15 is 0 Å². The molecule has 0 bridgehead atoms. The van der Waals surface area contributed by atoms with Crippen molar-refractivity contribution in [3.63, 3.8) is 0 Å². The molecule has 0 rings (SSSR count). The van der Waals surface area contributed by atoms with Gasteiger partial charge in [-0.25, -0.2) is 0 Å². The van der Waals surface area contributed by atoms with Crippen molar-refractivity contribution in [2.24, 2.45) is 5.73 Å². The first-order valence-electron chi connectivity index (χ1n) is 3.00. The van der Waals surface area contributed by atoms with E-state index < -0.39 is 5.91 Å². The van der Waals surface area contributed by atoms with Crippen LogP contribution in [-0.2, 0) is 0 Å². The molecule has 0 aromatic rings. The van der Waals surface area contributed by atoms with Crippen LogP contribution in [0.2, 0.25) is 0 Å². The van der Waals surface area contributed by atoms with Crippen molar-refractivity contribution in [3.05, 3.63) is 0 Å². The van der Waals surface area contributed by atoms with E-state index in [4.69, 9.17) is 15.9 Å². The van der Waals surface area contributed by atoms with Gasteiger partial charge in [-0.05, 0) is 6.54 Å². The van der Waals surface area contributed by atoms with Crippen LogP contribution in [0.3, 0.4) is 0 Å². The zero-order valence-corrected chi connectivity index (χ0v) is 5.59. The van der Waals surface area contributed by atoms with Crippen molar-refractivity contribution < 1.29 is 10.2 Å². The second kappa shape index (κ2) is 3.79. The van der Waals surface area contributed by atoms with Crippen molar-refractivity contribution in [1.82, 2.24) is 5.32 Å². The van der Waals surface area contributed by atoms with E-state index in [1.54, 1.807) is 0 Å². The molecule has 0 amide bonds. The molecule has 0 unspecified atom stereocenters. The number of hydrogen-bond donors (Lipinski definition) is 4. The van der Waals surface area contributed by atoms with E-state index in [0.29, 0.717) is 6.54 Å². The molecule has 0 aliphatic heterocycles. The molecule has 0 saturated heterocycles. The Hall–Kier alpha value is -0.160. The molecule has 0 heterocycles. The number of nitrogens with one attached hydrogen (secondary N) is 1. The number of hydrogen-bond acceptors (Lipinski definition) is 4. The van der Waals surface area contributed by atoms with Crippen LogP contribution in [0, 0.1) is 0 Å². The van der Waals surface area contributed by atoms with Crippen molar-refractivity contribution in [1.29, 1.82) is 0 Å². The van der Waals surface area contributed by atoms with Crippen LogP contribution in [-0.4, -0.2) is 29.2 Å².